The van der Waals surface area contributed by atoms with Gasteiger partial charge in [0, 0.05) is 30.7 Å². The fourth-order valence-electron chi connectivity index (χ4n) is 2.66. The number of nitrogens with zero attached hydrogens (tertiary/aromatic N) is 1. The Bertz CT molecular complexity index is 543. The first-order valence-electron chi connectivity index (χ1n) is 8.15. The van der Waals surface area contributed by atoms with Gasteiger partial charge in [-0.05, 0) is 37.3 Å². The number of anilines is 1. The molecule has 0 heterocycles. The van der Waals surface area contributed by atoms with Crippen LogP contribution in [-0.4, -0.2) is 26.2 Å². The van der Waals surface area contributed by atoms with E-state index in [1.54, 1.807) is 0 Å². The average Bonchev–Trinajstić information content (AvgIpc) is 2.50. The van der Waals surface area contributed by atoms with E-state index in [2.05, 4.69) is 73.5 Å². The Morgan fingerprint density at radius 3 is 2.52 bits per heavy atom. The summed E-state index contributed by atoms with van der Waals surface area (Å²) in [6, 6.07) is 15.2. The molecule has 0 fully saturated rings. The zero-order valence-corrected chi connectivity index (χ0v) is 13.6. The fraction of sp³-hybridized carbons (Fsp3) is 0.474. The van der Waals surface area contributed by atoms with Crippen LogP contribution in [-0.2, 0) is 0 Å². The predicted octanol–water partition coefficient (Wildman–Crippen LogP) is 4.30. The molecule has 0 saturated heterocycles. The number of benzene rings is 2. The Kier molecular flexibility index (Phi) is 6.06. The van der Waals surface area contributed by atoms with E-state index in [-0.39, 0.29) is 0 Å². The third kappa shape index (κ3) is 4.47. The van der Waals surface area contributed by atoms with Gasteiger partial charge in [0.2, 0.25) is 0 Å². The Balaban J connectivity index is 1.99. The first-order chi connectivity index (χ1) is 10.2. The monoisotopic (exact) mass is 284 g/mol. The first-order valence-corrected chi connectivity index (χ1v) is 8.15. The van der Waals surface area contributed by atoms with Crippen molar-refractivity contribution in [3.05, 3.63) is 42.5 Å². The van der Waals surface area contributed by atoms with Gasteiger partial charge in [0.1, 0.15) is 0 Å². The second kappa shape index (κ2) is 8.04. The van der Waals surface area contributed by atoms with Crippen LogP contribution in [0.25, 0.3) is 10.8 Å². The summed E-state index contributed by atoms with van der Waals surface area (Å²) in [5, 5.41) is 6.23. The molecule has 0 radical (unpaired) electrons. The molecule has 0 aliphatic carbocycles. The summed E-state index contributed by atoms with van der Waals surface area (Å²) < 4.78 is 0. The third-order valence-corrected chi connectivity index (χ3v) is 3.95. The summed E-state index contributed by atoms with van der Waals surface area (Å²) in [5.74, 6) is 0.776. The van der Waals surface area contributed by atoms with E-state index < -0.39 is 0 Å². The highest BCUT2D eigenvalue weighted by Gasteiger charge is 2.07. The SMILES string of the molecule is CCN(CCNCCC(C)C)c1cccc2ccccc12. The molecule has 0 unspecified atom stereocenters. The normalized spacial score (nSPS) is 11.2. The highest BCUT2D eigenvalue weighted by Crippen LogP contribution is 2.26. The Hall–Kier alpha value is -1.54. The van der Waals surface area contributed by atoms with Gasteiger partial charge in [-0.2, -0.15) is 0 Å². The standard InChI is InChI=1S/C19H28N2/c1-4-21(15-14-20-13-12-16(2)3)19-11-7-9-17-8-5-6-10-18(17)19/h5-11,16,20H,4,12-15H2,1-3H3. The van der Waals surface area contributed by atoms with E-state index in [0.717, 1.165) is 32.1 Å². The first kappa shape index (κ1) is 15.8. The molecule has 0 spiro atoms. The molecule has 0 saturated carbocycles. The van der Waals surface area contributed by atoms with Crippen LogP contribution in [0.1, 0.15) is 27.2 Å². The maximum Gasteiger partial charge on any atom is 0.0446 e. The zero-order chi connectivity index (χ0) is 15.1. The van der Waals surface area contributed by atoms with Crippen molar-refractivity contribution in [2.75, 3.05) is 31.1 Å². The van der Waals surface area contributed by atoms with E-state index in [1.807, 2.05) is 0 Å². The molecule has 1 N–H and O–H groups in total. The molecule has 2 aromatic rings. The number of likely N-dealkylation sites (N-methyl/N-ethyl adjacent to an activating group) is 1. The molecular weight excluding hydrogens is 256 g/mol. The van der Waals surface area contributed by atoms with Gasteiger partial charge in [0.05, 0.1) is 0 Å². The second-order valence-electron chi connectivity index (χ2n) is 6.01. The topological polar surface area (TPSA) is 15.3 Å². The molecule has 2 rings (SSSR count). The summed E-state index contributed by atoms with van der Waals surface area (Å²) >= 11 is 0. The lowest BCUT2D eigenvalue weighted by molar-refractivity contribution is 0.538. The van der Waals surface area contributed by atoms with Crippen molar-refractivity contribution < 1.29 is 0 Å². The van der Waals surface area contributed by atoms with Crippen LogP contribution in [0.4, 0.5) is 5.69 Å². The largest absolute Gasteiger partial charge is 0.370 e. The lowest BCUT2D eigenvalue weighted by Crippen LogP contribution is -2.32. The third-order valence-electron chi connectivity index (χ3n) is 3.95. The van der Waals surface area contributed by atoms with E-state index >= 15 is 0 Å². The molecule has 2 aromatic carbocycles. The van der Waals surface area contributed by atoms with Crippen molar-refractivity contribution in [1.82, 2.24) is 5.32 Å². The average molecular weight is 284 g/mol. The van der Waals surface area contributed by atoms with Crippen molar-refractivity contribution in [3.8, 4) is 0 Å². The summed E-state index contributed by atoms with van der Waals surface area (Å²) in [5.41, 5.74) is 1.35. The van der Waals surface area contributed by atoms with Gasteiger partial charge < -0.3 is 10.2 Å². The van der Waals surface area contributed by atoms with Crippen LogP contribution in [0.15, 0.2) is 42.5 Å². The molecule has 21 heavy (non-hydrogen) atoms. The lowest BCUT2D eigenvalue weighted by Gasteiger charge is -2.25. The van der Waals surface area contributed by atoms with Gasteiger partial charge >= 0.3 is 0 Å². The molecular formula is C19H28N2. The van der Waals surface area contributed by atoms with Crippen LogP contribution in [0.2, 0.25) is 0 Å². The van der Waals surface area contributed by atoms with Gasteiger partial charge in [-0.1, -0.05) is 50.2 Å². The van der Waals surface area contributed by atoms with Crippen LogP contribution < -0.4 is 10.2 Å². The van der Waals surface area contributed by atoms with Crippen molar-refractivity contribution in [1.29, 1.82) is 0 Å². The number of fused-ring (bicyclic) bond motifs is 1. The Morgan fingerprint density at radius 2 is 1.76 bits per heavy atom. The molecule has 0 amide bonds. The van der Waals surface area contributed by atoms with Gasteiger partial charge in [-0.15, -0.1) is 0 Å². The van der Waals surface area contributed by atoms with Gasteiger partial charge in [0.25, 0.3) is 0 Å². The molecule has 2 nitrogen and oxygen atoms in total. The van der Waals surface area contributed by atoms with Crippen molar-refractivity contribution in [3.63, 3.8) is 0 Å². The Labute approximate surface area is 129 Å². The van der Waals surface area contributed by atoms with E-state index in [9.17, 15) is 0 Å². The van der Waals surface area contributed by atoms with E-state index in [0.29, 0.717) is 0 Å². The van der Waals surface area contributed by atoms with Gasteiger partial charge in [-0.3, -0.25) is 0 Å². The quantitative estimate of drug-likeness (QED) is 0.727. The van der Waals surface area contributed by atoms with Gasteiger partial charge in [-0.25, -0.2) is 0 Å². The van der Waals surface area contributed by atoms with E-state index in [1.165, 1.54) is 22.9 Å². The van der Waals surface area contributed by atoms with Crippen molar-refractivity contribution >= 4 is 16.5 Å². The van der Waals surface area contributed by atoms with E-state index in [4.69, 9.17) is 0 Å². The minimum Gasteiger partial charge on any atom is -0.370 e. The van der Waals surface area contributed by atoms with Crippen molar-refractivity contribution in [2.45, 2.75) is 27.2 Å². The number of nitrogens with one attached hydrogen (secondary N) is 1. The highest BCUT2D eigenvalue weighted by molar-refractivity contribution is 5.94. The highest BCUT2D eigenvalue weighted by atomic mass is 15.1. The number of hydrogen-bond donors (Lipinski definition) is 1. The number of rotatable bonds is 8. The van der Waals surface area contributed by atoms with Crippen LogP contribution in [0, 0.1) is 5.92 Å². The maximum atomic E-state index is 3.56. The molecule has 0 aliphatic heterocycles. The Morgan fingerprint density at radius 1 is 1.00 bits per heavy atom. The van der Waals surface area contributed by atoms with Gasteiger partial charge in [0.15, 0.2) is 0 Å². The minimum atomic E-state index is 0.776. The summed E-state index contributed by atoms with van der Waals surface area (Å²) in [7, 11) is 0. The second-order valence-corrected chi connectivity index (χ2v) is 6.01. The molecule has 0 aliphatic rings. The van der Waals surface area contributed by atoms with Crippen molar-refractivity contribution in [2.24, 2.45) is 5.92 Å². The summed E-state index contributed by atoms with van der Waals surface area (Å²) in [6.45, 7) is 11.0. The zero-order valence-electron chi connectivity index (χ0n) is 13.6. The lowest BCUT2D eigenvalue weighted by atomic mass is 10.1. The maximum absolute atomic E-state index is 3.56. The fourth-order valence-corrected chi connectivity index (χ4v) is 2.66. The molecule has 0 aromatic heterocycles. The smallest absolute Gasteiger partial charge is 0.0446 e. The van der Waals surface area contributed by atoms with Crippen LogP contribution in [0.3, 0.4) is 0 Å². The molecule has 114 valence electrons. The van der Waals surface area contributed by atoms with Crippen LogP contribution in [0.5, 0.6) is 0 Å². The number of hydrogen-bond acceptors (Lipinski definition) is 2. The minimum absolute atomic E-state index is 0.776. The van der Waals surface area contributed by atoms with Crippen LogP contribution >= 0.6 is 0 Å². The molecule has 0 atom stereocenters. The summed E-state index contributed by atoms with van der Waals surface area (Å²) in [4.78, 5) is 2.46. The predicted molar refractivity (Wildman–Crippen MR) is 94.2 cm³/mol. The molecule has 0 bridgehead atoms. The summed E-state index contributed by atoms with van der Waals surface area (Å²) in [6.07, 6.45) is 1.25. The molecule has 2 heteroatoms.